The van der Waals surface area contributed by atoms with Crippen LogP contribution >= 0.6 is 0 Å². The lowest BCUT2D eigenvalue weighted by molar-refractivity contribution is -0.142. The summed E-state index contributed by atoms with van der Waals surface area (Å²) in [5, 5.41) is 39.7. The normalized spacial score (nSPS) is 37.1. The van der Waals surface area contributed by atoms with Gasteiger partial charge < -0.3 is 25.2 Å². The molecule has 0 fully saturated rings. The molecule has 1 aliphatic heterocycles. The Morgan fingerprint density at radius 3 is 2.13 bits per heavy atom. The highest BCUT2D eigenvalue weighted by Crippen LogP contribution is 2.08. The average molecular weight is 419 g/mol. The molecule has 0 saturated carbocycles. The Kier molecular flexibility index (Phi) is 13.4. The molecule has 30 heavy (non-hydrogen) atoms. The van der Waals surface area contributed by atoms with Gasteiger partial charge in [-0.15, -0.1) is 0 Å². The molecule has 0 aromatic rings. The van der Waals surface area contributed by atoms with Gasteiger partial charge in [-0.3, -0.25) is 0 Å². The van der Waals surface area contributed by atoms with Gasteiger partial charge in [-0.2, -0.15) is 0 Å². The van der Waals surface area contributed by atoms with Crippen LogP contribution in [0.15, 0.2) is 72.9 Å². The minimum absolute atomic E-state index is 0.164. The second-order valence-electron chi connectivity index (χ2n) is 7.21. The van der Waals surface area contributed by atoms with E-state index in [4.69, 9.17) is 4.74 Å². The fraction of sp³-hybridized carbons (Fsp3) is 0.458. The van der Waals surface area contributed by atoms with E-state index in [2.05, 4.69) is 0 Å². The number of cyclic esters (lactones) is 1. The maximum Gasteiger partial charge on any atom is 0.331 e. The van der Waals surface area contributed by atoms with Crippen LogP contribution in [0, 0.1) is 0 Å². The summed E-state index contributed by atoms with van der Waals surface area (Å²) < 4.78 is 5.25. The molecular weight excluding hydrogens is 384 g/mol. The molecule has 0 spiro atoms. The molecule has 6 heteroatoms. The second kappa shape index (κ2) is 15.6. The van der Waals surface area contributed by atoms with Crippen molar-refractivity contribution >= 4 is 5.97 Å². The van der Waals surface area contributed by atoms with E-state index in [9.17, 15) is 25.2 Å². The van der Waals surface area contributed by atoms with Crippen molar-refractivity contribution in [3.63, 3.8) is 0 Å². The Labute approximate surface area is 178 Å². The molecule has 0 aromatic heterocycles. The zero-order chi connectivity index (χ0) is 22.2. The van der Waals surface area contributed by atoms with E-state index in [1.54, 1.807) is 73.8 Å². The molecule has 1 rings (SSSR count). The predicted octanol–water partition coefficient (Wildman–Crippen LogP) is 2.66. The quantitative estimate of drug-likeness (QED) is 0.356. The highest BCUT2D eigenvalue weighted by Gasteiger charge is 2.09. The third-order valence-electron chi connectivity index (χ3n) is 4.29. The molecule has 1 aliphatic rings. The number of hydrogen-bond acceptors (Lipinski definition) is 6. The molecule has 0 unspecified atom stereocenters. The van der Waals surface area contributed by atoms with Crippen LogP contribution in [0.3, 0.4) is 0 Å². The van der Waals surface area contributed by atoms with Crippen LogP contribution in [0.1, 0.15) is 39.0 Å². The topological polar surface area (TPSA) is 107 Å². The smallest absolute Gasteiger partial charge is 0.331 e. The molecule has 4 N–H and O–H groups in total. The van der Waals surface area contributed by atoms with Crippen LogP contribution in [-0.2, 0) is 9.53 Å². The highest BCUT2D eigenvalue weighted by molar-refractivity contribution is 5.82. The first kappa shape index (κ1) is 25.8. The zero-order valence-electron chi connectivity index (χ0n) is 17.5. The van der Waals surface area contributed by atoms with Crippen molar-refractivity contribution < 1.29 is 30.0 Å². The number of rotatable bonds is 0. The molecule has 0 amide bonds. The number of aliphatic hydroxyl groups excluding tert-OH is 4. The third kappa shape index (κ3) is 13.8. The van der Waals surface area contributed by atoms with Gasteiger partial charge in [-0.05, 0) is 32.6 Å². The predicted molar refractivity (Wildman–Crippen MR) is 118 cm³/mol. The van der Waals surface area contributed by atoms with E-state index in [-0.39, 0.29) is 12.5 Å². The van der Waals surface area contributed by atoms with Crippen LogP contribution in [0.5, 0.6) is 0 Å². The lowest BCUT2D eigenvalue weighted by Crippen LogP contribution is -2.15. The largest absolute Gasteiger partial charge is 0.460 e. The van der Waals surface area contributed by atoms with Crippen molar-refractivity contribution in [2.45, 2.75) is 69.5 Å². The Bertz CT molecular complexity index is 659. The van der Waals surface area contributed by atoms with E-state index < -0.39 is 30.4 Å². The van der Waals surface area contributed by atoms with Gasteiger partial charge in [-0.1, -0.05) is 66.8 Å². The second-order valence-corrected chi connectivity index (χ2v) is 7.21. The minimum Gasteiger partial charge on any atom is -0.460 e. The first-order valence-electron chi connectivity index (χ1n) is 10.3. The number of allylic oxidation sites excluding steroid dienone is 6. The monoisotopic (exact) mass is 418 g/mol. The number of carbonyl (C=O) groups is 1. The van der Waals surface area contributed by atoms with Gasteiger partial charge in [0.2, 0.25) is 0 Å². The molecule has 0 bridgehead atoms. The molecule has 166 valence electrons. The molecule has 0 radical (unpaired) electrons. The summed E-state index contributed by atoms with van der Waals surface area (Å²) >= 11 is 0. The lowest BCUT2D eigenvalue weighted by atomic mass is 10.1. The Morgan fingerprint density at radius 1 is 0.767 bits per heavy atom. The Morgan fingerprint density at radius 2 is 1.40 bits per heavy atom. The summed E-state index contributed by atoms with van der Waals surface area (Å²) in [6.45, 7) is 1.76. The van der Waals surface area contributed by atoms with Crippen molar-refractivity contribution in [3.8, 4) is 0 Å². The van der Waals surface area contributed by atoms with Crippen LogP contribution in [0.4, 0.5) is 0 Å². The van der Waals surface area contributed by atoms with Gasteiger partial charge in [0, 0.05) is 12.5 Å². The number of ether oxygens (including phenoxy) is 1. The van der Waals surface area contributed by atoms with Crippen molar-refractivity contribution in [2.75, 3.05) is 0 Å². The average Bonchev–Trinajstić information content (AvgIpc) is 2.68. The molecule has 5 atom stereocenters. The van der Waals surface area contributed by atoms with Crippen LogP contribution in [0.25, 0.3) is 0 Å². The minimum atomic E-state index is -0.811. The maximum atomic E-state index is 11.8. The summed E-state index contributed by atoms with van der Waals surface area (Å²) in [7, 11) is 0. The highest BCUT2D eigenvalue weighted by atomic mass is 16.5. The van der Waals surface area contributed by atoms with Crippen molar-refractivity contribution in [1.29, 1.82) is 0 Å². The molecule has 0 saturated heterocycles. The van der Waals surface area contributed by atoms with Crippen molar-refractivity contribution in [2.24, 2.45) is 0 Å². The standard InChI is InChI=1S/C24H34O6/c1-19-16-17-21(26)12-8-9-14-23(28)18-22(27)13-6-2-4-10-20(25)11-5-3-7-15-24(29)30-19/h3-10,12-15,19-23,25-28H,2,11,16-18H2,1H3/b5-3+,10-4+,12-8+,13-6+,14-9+,15-7-/t19-,20-,21+,22+,23+/m1/s1. The Hall–Kier alpha value is -2.25. The third-order valence-corrected chi connectivity index (χ3v) is 4.29. The van der Waals surface area contributed by atoms with Gasteiger partial charge in [0.15, 0.2) is 0 Å². The Balaban J connectivity index is 2.73. The van der Waals surface area contributed by atoms with E-state index >= 15 is 0 Å². The van der Waals surface area contributed by atoms with Crippen LogP contribution < -0.4 is 0 Å². The van der Waals surface area contributed by atoms with Gasteiger partial charge in [0.05, 0.1) is 30.5 Å². The number of hydrogen-bond donors (Lipinski definition) is 4. The van der Waals surface area contributed by atoms with Crippen LogP contribution in [0.2, 0.25) is 0 Å². The SMILES string of the molecule is C[C@@H]1CC[C@@H](O)/C=C/C=C/[C@H](O)C[C@@H](O)/C=C/C/C=C/[C@@H](O)C/C=C/C=C\C(=O)O1. The summed E-state index contributed by atoms with van der Waals surface area (Å²) in [4.78, 5) is 11.8. The van der Waals surface area contributed by atoms with E-state index in [1.165, 1.54) is 6.08 Å². The number of carbonyl (C=O) groups excluding carboxylic acids is 1. The number of aliphatic hydroxyl groups is 4. The van der Waals surface area contributed by atoms with Gasteiger partial charge in [0.25, 0.3) is 0 Å². The van der Waals surface area contributed by atoms with Crippen molar-refractivity contribution in [1.82, 2.24) is 0 Å². The van der Waals surface area contributed by atoms with Crippen LogP contribution in [-0.4, -0.2) is 56.9 Å². The van der Waals surface area contributed by atoms with Gasteiger partial charge in [-0.25, -0.2) is 4.79 Å². The van der Waals surface area contributed by atoms with Crippen molar-refractivity contribution in [3.05, 3.63) is 72.9 Å². The lowest BCUT2D eigenvalue weighted by Gasteiger charge is -2.13. The summed E-state index contributed by atoms with van der Waals surface area (Å²) in [5.41, 5.74) is 0. The first-order chi connectivity index (χ1) is 14.4. The first-order valence-corrected chi connectivity index (χ1v) is 10.3. The molecular formula is C24H34O6. The fourth-order valence-electron chi connectivity index (χ4n) is 2.65. The van der Waals surface area contributed by atoms with E-state index in [1.807, 2.05) is 0 Å². The summed E-state index contributed by atoms with van der Waals surface area (Å²) in [5.74, 6) is -0.460. The molecule has 0 aliphatic carbocycles. The van der Waals surface area contributed by atoms with E-state index in [0.717, 1.165) is 0 Å². The summed E-state index contributed by atoms with van der Waals surface area (Å²) in [6, 6.07) is 0. The number of esters is 1. The van der Waals surface area contributed by atoms with Gasteiger partial charge >= 0.3 is 5.97 Å². The zero-order valence-corrected chi connectivity index (χ0v) is 17.5. The fourth-order valence-corrected chi connectivity index (χ4v) is 2.65. The van der Waals surface area contributed by atoms with Gasteiger partial charge in [0.1, 0.15) is 0 Å². The molecule has 0 aromatic carbocycles. The molecule has 1 heterocycles. The van der Waals surface area contributed by atoms with E-state index in [0.29, 0.717) is 25.7 Å². The maximum absolute atomic E-state index is 11.8. The molecule has 6 nitrogen and oxygen atoms in total. The summed E-state index contributed by atoms with van der Waals surface area (Å²) in [6.07, 6.45) is 18.3.